The number of hydrogen-bond donors (Lipinski definition) is 1. The second-order valence-corrected chi connectivity index (χ2v) is 5.69. The minimum Gasteiger partial charge on any atom is -0.497 e. The lowest BCUT2D eigenvalue weighted by molar-refractivity contribution is 0.415. The molecule has 1 aromatic carbocycles. The quantitative estimate of drug-likeness (QED) is 0.905. The Kier molecular flexibility index (Phi) is 2.77. The van der Waals surface area contributed by atoms with E-state index in [0.29, 0.717) is 6.04 Å². The zero-order chi connectivity index (χ0) is 13.5. The molecule has 2 aromatic rings. The molecule has 0 radical (unpaired) electrons. The zero-order valence-electron chi connectivity index (χ0n) is 11.7. The van der Waals surface area contributed by atoms with Crippen LogP contribution in [0.2, 0.25) is 0 Å². The summed E-state index contributed by atoms with van der Waals surface area (Å²) in [5, 5.41) is 5.92. The number of pyridine rings is 1. The summed E-state index contributed by atoms with van der Waals surface area (Å²) < 4.78 is 5.31. The Morgan fingerprint density at radius 2 is 2.25 bits per heavy atom. The predicted octanol–water partition coefficient (Wildman–Crippen LogP) is 2.04. The number of aromatic nitrogens is 1. The smallest absolute Gasteiger partial charge is 0.136 e. The number of benzene rings is 1. The topological polar surface area (TPSA) is 37.4 Å². The summed E-state index contributed by atoms with van der Waals surface area (Å²) >= 11 is 0. The van der Waals surface area contributed by atoms with Gasteiger partial charge in [0.05, 0.1) is 7.11 Å². The van der Waals surface area contributed by atoms with E-state index < -0.39 is 0 Å². The van der Waals surface area contributed by atoms with Crippen LogP contribution in [0.3, 0.4) is 0 Å². The molecule has 4 nitrogen and oxygen atoms in total. The van der Waals surface area contributed by atoms with Crippen LogP contribution in [-0.4, -0.2) is 37.8 Å². The lowest BCUT2D eigenvalue weighted by Crippen LogP contribution is -2.34. The van der Waals surface area contributed by atoms with Gasteiger partial charge >= 0.3 is 0 Å². The number of rotatable bonds is 2. The number of nitrogens with zero attached hydrogens (tertiary/aromatic N) is 2. The van der Waals surface area contributed by atoms with E-state index in [-0.39, 0.29) is 0 Å². The third-order valence-electron chi connectivity index (χ3n) is 4.67. The Labute approximate surface area is 118 Å². The van der Waals surface area contributed by atoms with Crippen LogP contribution in [0, 0.1) is 5.92 Å². The van der Waals surface area contributed by atoms with Crippen LogP contribution >= 0.6 is 0 Å². The Bertz CT molecular complexity index is 643. The molecular formula is C16H19N3O. The van der Waals surface area contributed by atoms with Crippen molar-refractivity contribution in [2.24, 2.45) is 5.92 Å². The molecule has 4 rings (SSSR count). The van der Waals surface area contributed by atoms with Crippen LogP contribution in [0.1, 0.15) is 6.42 Å². The third kappa shape index (κ3) is 1.75. The number of fused-ring (bicyclic) bond motifs is 2. The maximum atomic E-state index is 5.31. The van der Waals surface area contributed by atoms with Crippen LogP contribution in [0.4, 0.5) is 5.82 Å². The number of ether oxygens (including phenoxy) is 1. The van der Waals surface area contributed by atoms with E-state index in [1.165, 1.54) is 17.2 Å². The van der Waals surface area contributed by atoms with Crippen molar-refractivity contribution in [1.82, 2.24) is 10.3 Å². The van der Waals surface area contributed by atoms with E-state index in [9.17, 15) is 0 Å². The van der Waals surface area contributed by atoms with Crippen LogP contribution in [0.15, 0.2) is 30.5 Å². The van der Waals surface area contributed by atoms with Gasteiger partial charge in [0, 0.05) is 37.3 Å². The van der Waals surface area contributed by atoms with Crippen molar-refractivity contribution in [3.05, 3.63) is 30.5 Å². The molecule has 0 aliphatic carbocycles. The van der Waals surface area contributed by atoms with E-state index in [0.717, 1.165) is 37.1 Å². The van der Waals surface area contributed by atoms with Crippen molar-refractivity contribution in [2.45, 2.75) is 12.5 Å². The molecule has 4 heteroatoms. The third-order valence-corrected chi connectivity index (χ3v) is 4.67. The van der Waals surface area contributed by atoms with E-state index in [4.69, 9.17) is 4.74 Å². The lowest BCUT2D eigenvalue weighted by atomic mass is 10.0. The molecule has 2 saturated heterocycles. The molecule has 0 unspecified atom stereocenters. The molecule has 104 valence electrons. The first kappa shape index (κ1) is 12.0. The Hall–Kier alpha value is -1.81. The summed E-state index contributed by atoms with van der Waals surface area (Å²) in [6, 6.07) is 8.90. The second kappa shape index (κ2) is 4.63. The fourth-order valence-corrected chi connectivity index (χ4v) is 3.61. The van der Waals surface area contributed by atoms with E-state index >= 15 is 0 Å². The van der Waals surface area contributed by atoms with E-state index in [1.807, 2.05) is 12.3 Å². The Balaban J connectivity index is 1.79. The highest BCUT2D eigenvalue weighted by atomic mass is 16.5. The summed E-state index contributed by atoms with van der Waals surface area (Å²) in [4.78, 5) is 7.15. The number of hydrogen-bond acceptors (Lipinski definition) is 4. The van der Waals surface area contributed by atoms with Crippen LogP contribution in [0.25, 0.3) is 10.8 Å². The summed E-state index contributed by atoms with van der Waals surface area (Å²) in [7, 11) is 1.71. The standard InChI is InChI=1S/C16H19N3O/c1-20-13-2-3-14-11(8-13)4-6-18-16(14)19-7-5-12-9-17-10-15(12)19/h2-4,6,8,12,15,17H,5,7,9-10H2,1H3/t12-,15+/m0/s1. The van der Waals surface area contributed by atoms with Crippen LogP contribution in [-0.2, 0) is 0 Å². The normalized spacial score (nSPS) is 25.1. The Morgan fingerprint density at radius 1 is 1.30 bits per heavy atom. The highest BCUT2D eigenvalue weighted by Gasteiger charge is 2.38. The molecule has 0 spiro atoms. The number of nitrogens with one attached hydrogen (secondary N) is 1. The average molecular weight is 269 g/mol. The first-order chi connectivity index (χ1) is 9.86. The molecule has 0 saturated carbocycles. The van der Waals surface area contributed by atoms with Crippen molar-refractivity contribution >= 4 is 16.6 Å². The van der Waals surface area contributed by atoms with Gasteiger partial charge in [-0.05, 0) is 42.0 Å². The minimum atomic E-state index is 0.607. The van der Waals surface area contributed by atoms with Gasteiger partial charge in [0.25, 0.3) is 0 Å². The summed E-state index contributed by atoms with van der Waals surface area (Å²) in [5.74, 6) is 2.81. The highest BCUT2D eigenvalue weighted by Crippen LogP contribution is 2.35. The van der Waals surface area contributed by atoms with Crippen molar-refractivity contribution in [3.63, 3.8) is 0 Å². The van der Waals surface area contributed by atoms with Gasteiger partial charge in [0.2, 0.25) is 0 Å². The minimum absolute atomic E-state index is 0.607. The molecule has 0 bridgehead atoms. The average Bonchev–Trinajstić information content (AvgIpc) is 3.09. The zero-order valence-corrected chi connectivity index (χ0v) is 11.7. The van der Waals surface area contributed by atoms with Crippen molar-refractivity contribution in [1.29, 1.82) is 0 Å². The van der Waals surface area contributed by atoms with Crippen molar-refractivity contribution in [3.8, 4) is 5.75 Å². The first-order valence-corrected chi connectivity index (χ1v) is 7.27. The lowest BCUT2D eigenvalue weighted by Gasteiger charge is -2.25. The SMILES string of the molecule is COc1ccc2c(N3CC[C@H]4CNC[C@H]43)nccc2c1. The predicted molar refractivity (Wildman–Crippen MR) is 80.4 cm³/mol. The summed E-state index contributed by atoms with van der Waals surface area (Å²) in [6.45, 7) is 3.35. The van der Waals surface area contributed by atoms with Gasteiger partial charge in [-0.15, -0.1) is 0 Å². The van der Waals surface area contributed by atoms with Gasteiger partial charge in [0.1, 0.15) is 11.6 Å². The molecule has 0 amide bonds. The molecule has 1 aromatic heterocycles. The van der Waals surface area contributed by atoms with Gasteiger partial charge in [-0.1, -0.05) is 0 Å². The molecule has 2 atom stereocenters. The second-order valence-electron chi connectivity index (χ2n) is 5.69. The van der Waals surface area contributed by atoms with Gasteiger partial charge in [-0.25, -0.2) is 4.98 Å². The van der Waals surface area contributed by atoms with E-state index in [2.05, 4.69) is 33.4 Å². The number of methoxy groups -OCH3 is 1. The Morgan fingerprint density at radius 3 is 3.15 bits per heavy atom. The highest BCUT2D eigenvalue weighted by molar-refractivity contribution is 5.93. The molecule has 20 heavy (non-hydrogen) atoms. The summed E-state index contributed by atoms with van der Waals surface area (Å²) in [6.07, 6.45) is 3.18. The van der Waals surface area contributed by atoms with Gasteiger partial charge in [-0.3, -0.25) is 0 Å². The largest absolute Gasteiger partial charge is 0.497 e. The van der Waals surface area contributed by atoms with Crippen molar-refractivity contribution in [2.75, 3.05) is 31.6 Å². The molecule has 2 fully saturated rings. The van der Waals surface area contributed by atoms with Gasteiger partial charge in [0.15, 0.2) is 0 Å². The van der Waals surface area contributed by atoms with Crippen molar-refractivity contribution < 1.29 is 4.74 Å². The summed E-state index contributed by atoms with van der Waals surface area (Å²) in [5.41, 5.74) is 0. The first-order valence-electron chi connectivity index (χ1n) is 7.27. The van der Waals surface area contributed by atoms with Gasteiger partial charge < -0.3 is 15.0 Å². The molecule has 1 N–H and O–H groups in total. The maximum Gasteiger partial charge on any atom is 0.136 e. The molecule has 2 aliphatic heterocycles. The van der Waals surface area contributed by atoms with Crippen LogP contribution < -0.4 is 15.0 Å². The molecule has 3 heterocycles. The van der Waals surface area contributed by atoms with E-state index in [1.54, 1.807) is 7.11 Å². The monoisotopic (exact) mass is 269 g/mol. The number of anilines is 1. The fourth-order valence-electron chi connectivity index (χ4n) is 3.61. The van der Waals surface area contributed by atoms with Crippen LogP contribution in [0.5, 0.6) is 5.75 Å². The maximum absolute atomic E-state index is 5.31. The fraction of sp³-hybridized carbons (Fsp3) is 0.438. The van der Waals surface area contributed by atoms with Gasteiger partial charge in [-0.2, -0.15) is 0 Å². The molecule has 2 aliphatic rings. The molecular weight excluding hydrogens is 250 g/mol.